The van der Waals surface area contributed by atoms with Gasteiger partial charge in [-0.2, -0.15) is 5.10 Å². The highest BCUT2D eigenvalue weighted by atomic mass is 16.3. The molecular weight excluding hydrogens is 262 g/mol. The number of para-hydroxylation sites is 1. The number of hydrogen-bond acceptors (Lipinski definition) is 3. The Labute approximate surface area is 126 Å². The molecule has 1 aromatic carbocycles. The monoisotopic (exact) mass is 285 g/mol. The van der Waals surface area contributed by atoms with Crippen LogP contribution in [0.3, 0.4) is 0 Å². The number of likely N-dealkylation sites (tertiary alicyclic amines) is 1. The van der Waals surface area contributed by atoms with Crippen LogP contribution in [0.5, 0.6) is 0 Å². The Hall–Kier alpha value is -1.65. The van der Waals surface area contributed by atoms with Gasteiger partial charge in [0.15, 0.2) is 0 Å². The first-order valence-corrected chi connectivity index (χ1v) is 7.73. The summed E-state index contributed by atoms with van der Waals surface area (Å²) in [7, 11) is 0. The summed E-state index contributed by atoms with van der Waals surface area (Å²) in [5, 5.41) is 14.3. The van der Waals surface area contributed by atoms with E-state index in [2.05, 4.69) is 28.2 Å². The highest BCUT2D eigenvalue weighted by Gasteiger charge is 2.22. The van der Waals surface area contributed by atoms with Crippen molar-refractivity contribution in [2.45, 2.75) is 32.4 Å². The maximum atomic E-state index is 9.65. The van der Waals surface area contributed by atoms with Crippen molar-refractivity contribution in [3.05, 3.63) is 48.3 Å². The lowest BCUT2D eigenvalue weighted by atomic mass is 9.92. The van der Waals surface area contributed by atoms with Crippen molar-refractivity contribution in [2.75, 3.05) is 13.1 Å². The van der Waals surface area contributed by atoms with Crippen molar-refractivity contribution in [1.82, 2.24) is 14.7 Å². The highest BCUT2D eigenvalue weighted by Crippen LogP contribution is 2.21. The van der Waals surface area contributed by atoms with Gasteiger partial charge in [0.25, 0.3) is 0 Å². The Bertz CT molecular complexity index is 556. The first-order valence-electron chi connectivity index (χ1n) is 7.73. The molecule has 1 saturated heterocycles. The number of aliphatic hydroxyl groups is 1. The molecule has 4 nitrogen and oxygen atoms in total. The smallest absolute Gasteiger partial charge is 0.0769 e. The molecule has 1 N–H and O–H groups in total. The molecule has 21 heavy (non-hydrogen) atoms. The molecule has 0 spiro atoms. The second-order valence-electron chi connectivity index (χ2n) is 5.94. The quantitative estimate of drug-likeness (QED) is 0.938. The Morgan fingerprint density at radius 1 is 1.19 bits per heavy atom. The average Bonchev–Trinajstić information content (AvgIpc) is 2.97. The van der Waals surface area contributed by atoms with Gasteiger partial charge in [0.1, 0.15) is 0 Å². The lowest BCUT2D eigenvalue weighted by Gasteiger charge is -2.32. The van der Waals surface area contributed by atoms with Crippen LogP contribution in [0.4, 0.5) is 0 Å². The van der Waals surface area contributed by atoms with E-state index in [1.54, 1.807) is 0 Å². The van der Waals surface area contributed by atoms with Gasteiger partial charge in [0.05, 0.1) is 17.5 Å². The zero-order valence-electron chi connectivity index (χ0n) is 12.5. The van der Waals surface area contributed by atoms with E-state index < -0.39 is 0 Å². The maximum Gasteiger partial charge on any atom is 0.0769 e. The van der Waals surface area contributed by atoms with Crippen LogP contribution in [-0.4, -0.2) is 39.0 Å². The molecule has 1 aliphatic heterocycles. The second-order valence-corrected chi connectivity index (χ2v) is 5.94. The van der Waals surface area contributed by atoms with Crippen LogP contribution in [0.15, 0.2) is 42.6 Å². The minimum atomic E-state index is -0.176. The third-order valence-corrected chi connectivity index (χ3v) is 4.37. The van der Waals surface area contributed by atoms with E-state index in [9.17, 15) is 5.11 Å². The predicted molar refractivity (Wildman–Crippen MR) is 83.2 cm³/mol. The molecule has 1 aliphatic rings. The molecule has 1 unspecified atom stereocenters. The SMILES string of the molecule is CC(O)C1CCN(Cc2ccn(-c3ccccc3)n2)CC1. The fourth-order valence-corrected chi connectivity index (χ4v) is 2.99. The molecule has 1 aromatic heterocycles. The second kappa shape index (κ2) is 6.41. The Kier molecular flexibility index (Phi) is 4.36. The average molecular weight is 285 g/mol. The zero-order valence-corrected chi connectivity index (χ0v) is 12.5. The van der Waals surface area contributed by atoms with Crippen LogP contribution in [0.2, 0.25) is 0 Å². The van der Waals surface area contributed by atoms with Gasteiger partial charge in [-0.15, -0.1) is 0 Å². The van der Waals surface area contributed by atoms with Crippen molar-refractivity contribution < 1.29 is 5.11 Å². The molecule has 112 valence electrons. The topological polar surface area (TPSA) is 41.3 Å². The summed E-state index contributed by atoms with van der Waals surface area (Å²) in [5.41, 5.74) is 2.20. The van der Waals surface area contributed by atoms with Gasteiger partial charge in [-0.3, -0.25) is 4.90 Å². The van der Waals surface area contributed by atoms with Crippen molar-refractivity contribution >= 4 is 0 Å². The maximum absolute atomic E-state index is 9.65. The minimum Gasteiger partial charge on any atom is -0.393 e. The van der Waals surface area contributed by atoms with Crippen LogP contribution >= 0.6 is 0 Å². The molecule has 0 amide bonds. The van der Waals surface area contributed by atoms with Gasteiger partial charge in [-0.1, -0.05) is 18.2 Å². The summed E-state index contributed by atoms with van der Waals surface area (Å²) in [4.78, 5) is 2.43. The first-order chi connectivity index (χ1) is 10.2. The third-order valence-electron chi connectivity index (χ3n) is 4.37. The number of piperidine rings is 1. The Balaban J connectivity index is 1.59. The number of aromatic nitrogens is 2. The van der Waals surface area contributed by atoms with Gasteiger partial charge in [0, 0.05) is 12.7 Å². The Morgan fingerprint density at radius 2 is 1.90 bits per heavy atom. The normalized spacial score (nSPS) is 18.8. The van der Waals surface area contributed by atoms with Crippen LogP contribution in [0, 0.1) is 5.92 Å². The van der Waals surface area contributed by atoms with Gasteiger partial charge >= 0.3 is 0 Å². The summed E-state index contributed by atoms with van der Waals surface area (Å²) >= 11 is 0. The first kappa shape index (κ1) is 14.3. The molecule has 3 rings (SSSR count). The fourth-order valence-electron chi connectivity index (χ4n) is 2.99. The standard InChI is InChI=1S/C17H23N3O/c1-14(21)15-7-10-19(11-8-15)13-16-9-12-20(18-16)17-5-3-2-4-6-17/h2-6,9,12,14-15,21H,7-8,10-11,13H2,1H3. The molecule has 0 saturated carbocycles. The van der Waals surface area contributed by atoms with Crippen LogP contribution in [0.1, 0.15) is 25.5 Å². The fraction of sp³-hybridized carbons (Fsp3) is 0.471. The molecule has 1 fully saturated rings. The van der Waals surface area contributed by atoms with Crippen LogP contribution in [0.25, 0.3) is 5.69 Å². The number of hydrogen-bond donors (Lipinski definition) is 1. The summed E-state index contributed by atoms with van der Waals surface area (Å²) in [6.45, 7) is 4.90. The molecular formula is C17H23N3O. The van der Waals surface area contributed by atoms with Gasteiger partial charge in [-0.25, -0.2) is 4.68 Å². The van der Waals surface area contributed by atoms with E-state index in [0.29, 0.717) is 5.92 Å². The Morgan fingerprint density at radius 3 is 2.57 bits per heavy atom. The molecule has 2 heterocycles. The number of aliphatic hydroxyl groups excluding tert-OH is 1. The molecule has 0 bridgehead atoms. The zero-order chi connectivity index (χ0) is 14.7. The number of benzene rings is 1. The van der Waals surface area contributed by atoms with Crippen molar-refractivity contribution in [3.8, 4) is 5.69 Å². The summed E-state index contributed by atoms with van der Waals surface area (Å²) in [6, 6.07) is 12.3. The number of rotatable bonds is 4. The lowest BCUT2D eigenvalue weighted by molar-refractivity contribution is 0.0691. The van der Waals surface area contributed by atoms with Crippen LogP contribution in [-0.2, 0) is 6.54 Å². The molecule has 0 aliphatic carbocycles. The highest BCUT2D eigenvalue weighted by molar-refractivity contribution is 5.30. The summed E-state index contributed by atoms with van der Waals surface area (Å²) < 4.78 is 1.93. The van der Waals surface area contributed by atoms with E-state index in [-0.39, 0.29) is 6.10 Å². The summed E-state index contributed by atoms with van der Waals surface area (Å²) in [6.07, 6.45) is 4.01. The minimum absolute atomic E-state index is 0.176. The van der Waals surface area contributed by atoms with Crippen molar-refractivity contribution in [2.24, 2.45) is 5.92 Å². The largest absolute Gasteiger partial charge is 0.393 e. The predicted octanol–water partition coefficient (Wildman–Crippen LogP) is 2.47. The van der Waals surface area contributed by atoms with Crippen molar-refractivity contribution in [3.63, 3.8) is 0 Å². The molecule has 4 heteroatoms. The van der Waals surface area contributed by atoms with Gasteiger partial charge in [0.2, 0.25) is 0 Å². The van der Waals surface area contributed by atoms with E-state index in [0.717, 1.165) is 43.9 Å². The molecule has 1 atom stereocenters. The van der Waals surface area contributed by atoms with Crippen LogP contribution < -0.4 is 0 Å². The van der Waals surface area contributed by atoms with E-state index >= 15 is 0 Å². The number of nitrogens with zero attached hydrogens (tertiary/aromatic N) is 3. The van der Waals surface area contributed by atoms with E-state index in [1.807, 2.05) is 36.0 Å². The van der Waals surface area contributed by atoms with Gasteiger partial charge < -0.3 is 5.11 Å². The van der Waals surface area contributed by atoms with Crippen molar-refractivity contribution in [1.29, 1.82) is 0 Å². The van der Waals surface area contributed by atoms with Gasteiger partial charge in [-0.05, 0) is 57.0 Å². The van der Waals surface area contributed by atoms with E-state index in [4.69, 9.17) is 0 Å². The summed E-state index contributed by atoms with van der Waals surface area (Å²) in [5.74, 6) is 0.461. The molecule has 0 radical (unpaired) electrons. The van der Waals surface area contributed by atoms with E-state index in [1.165, 1.54) is 0 Å². The third kappa shape index (κ3) is 3.52. The molecule has 2 aromatic rings. The lowest BCUT2D eigenvalue weighted by Crippen LogP contribution is -2.36.